The Hall–Kier alpha value is -0.303. The van der Waals surface area contributed by atoms with E-state index in [9.17, 15) is 0 Å². The fraction of sp³-hybridized carbons (Fsp3) is 0.818. The summed E-state index contributed by atoms with van der Waals surface area (Å²) in [5.74, 6) is 3.26. The summed E-state index contributed by atoms with van der Waals surface area (Å²) in [6, 6.07) is 0. The molecule has 3 heteroatoms. The Morgan fingerprint density at radius 2 is 2.07 bits per heavy atom. The van der Waals surface area contributed by atoms with Crippen LogP contribution in [0.15, 0.2) is 0 Å². The summed E-state index contributed by atoms with van der Waals surface area (Å²) in [4.78, 5) is 0. The molecule has 0 bridgehead atoms. The van der Waals surface area contributed by atoms with Crippen molar-refractivity contribution in [2.75, 3.05) is 13.7 Å². The van der Waals surface area contributed by atoms with Crippen LogP contribution in [0, 0.1) is 11.5 Å². The highest BCUT2D eigenvalue weighted by atomic mass is 28.3. The van der Waals surface area contributed by atoms with E-state index >= 15 is 0 Å². The van der Waals surface area contributed by atoms with Crippen molar-refractivity contribution in [1.29, 1.82) is 0 Å². The van der Waals surface area contributed by atoms with Crippen molar-refractivity contribution in [3.8, 4) is 11.5 Å². The van der Waals surface area contributed by atoms with E-state index in [1.54, 1.807) is 7.11 Å². The molecule has 1 aliphatic carbocycles. The summed E-state index contributed by atoms with van der Waals surface area (Å²) < 4.78 is 10.9. The second kappa shape index (κ2) is 4.06. The maximum absolute atomic E-state index is 5.51. The molecule has 0 aromatic carbocycles. The molecule has 0 unspecified atom stereocenters. The second-order valence-corrected chi connectivity index (χ2v) is 9.49. The lowest BCUT2D eigenvalue weighted by molar-refractivity contribution is 0.0403. The predicted octanol–water partition coefficient (Wildman–Crippen LogP) is 2.06. The van der Waals surface area contributed by atoms with Crippen molar-refractivity contribution in [2.45, 2.75) is 44.7 Å². The molecule has 0 saturated heterocycles. The smallest absolute Gasteiger partial charge is 0.156 e. The number of rotatable bonds is 3. The number of hydrogen-bond acceptors (Lipinski definition) is 2. The Labute approximate surface area is 88.0 Å². The Bertz CT molecular complexity index is 259. The summed E-state index contributed by atoms with van der Waals surface area (Å²) in [5, 5.41) is 0. The first-order valence-corrected chi connectivity index (χ1v) is 8.64. The van der Waals surface area contributed by atoms with Crippen molar-refractivity contribution >= 4 is 8.07 Å². The van der Waals surface area contributed by atoms with Crippen molar-refractivity contribution in [1.82, 2.24) is 0 Å². The van der Waals surface area contributed by atoms with E-state index in [0.29, 0.717) is 0 Å². The molecule has 80 valence electrons. The first kappa shape index (κ1) is 11.8. The summed E-state index contributed by atoms with van der Waals surface area (Å²) >= 11 is 0. The van der Waals surface area contributed by atoms with Crippen LogP contribution in [0.2, 0.25) is 19.6 Å². The van der Waals surface area contributed by atoms with Gasteiger partial charge in [-0.15, -0.1) is 5.54 Å². The fourth-order valence-electron chi connectivity index (χ4n) is 1.30. The molecular weight excluding hydrogens is 192 g/mol. The van der Waals surface area contributed by atoms with Gasteiger partial charge in [-0.3, -0.25) is 0 Å². The summed E-state index contributed by atoms with van der Waals surface area (Å²) in [6.45, 7) is 9.46. The fourth-order valence-corrected chi connectivity index (χ4v) is 1.89. The zero-order valence-corrected chi connectivity index (χ0v) is 10.8. The minimum atomic E-state index is -1.29. The second-order valence-electron chi connectivity index (χ2n) is 4.74. The summed E-state index contributed by atoms with van der Waals surface area (Å²) in [5.41, 5.74) is 3.07. The molecule has 0 aliphatic heterocycles. The highest BCUT2D eigenvalue weighted by Crippen LogP contribution is 2.41. The molecule has 1 rings (SSSR count). The van der Waals surface area contributed by atoms with Crippen molar-refractivity contribution in [2.24, 2.45) is 0 Å². The van der Waals surface area contributed by atoms with Crippen LogP contribution in [-0.4, -0.2) is 33.5 Å². The zero-order valence-electron chi connectivity index (χ0n) is 9.81. The third-order valence-electron chi connectivity index (χ3n) is 2.23. The SMILES string of the molecule is CCO[C@@H]1C[C@]1(C#C[Si](C)(C)C)OC. The van der Waals surface area contributed by atoms with Crippen LogP contribution in [0.3, 0.4) is 0 Å². The lowest BCUT2D eigenvalue weighted by atomic mass is 10.3. The zero-order chi connectivity index (χ0) is 10.8. The van der Waals surface area contributed by atoms with E-state index in [1.165, 1.54) is 0 Å². The highest BCUT2D eigenvalue weighted by molar-refractivity contribution is 6.83. The Balaban J connectivity index is 2.61. The normalized spacial score (nSPS) is 30.8. The summed E-state index contributed by atoms with van der Waals surface area (Å²) in [7, 11) is 0.428. The third kappa shape index (κ3) is 2.84. The van der Waals surface area contributed by atoms with Gasteiger partial charge in [-0.25, -0.2) is 0 Å². The van der Waals surface area contributed by atoms with E-state index < -0.39 is 8.07 Å². The molecule has 14 heavy (non-hydrogen) atoms. The largest absolute Gasteiger partial charge is 0.374 e. The van der Waals surface area contributed by atoms with Crippen LogP contribution in [0.4, 0.5) is 0 Å². The van der Waals surface area contributed by atoms with Gasteiger partial charge in [-0.2, -0.15) is 0 Å². The lowest BCUT2D eigenvalue weighted by Gasteiger charge is -2.10. The first-order chi connectivity index (χ1) is 6.43. The predicted molar refractivity (Wildman–Crippen MR) is 60.9 cm³/mol. The maximum atomic E-state index is 5.51. The first-order valence-electron chi connectivity index (χ1n) is 5.14. The topological polar surface area (TPSA) is 18.5 Å². The van der Waals surface area contributed by atoms with Gasteiger partial charge in [0, 0.05) is 20.1 Å². The van der Waals surface area contributed by atoms with Gasteiger partial charge in [-0.05, 0) is 6.92 Å². The molecule has 2 nitrogen and oxygen atoms in total. The number of hydrogen-bond donors (Lipinski definition) is 0. The van der Waals surface area contributed by atoms with Gasteiger partial charge >= 0.3 is 0 Å². The minimum absolute atomic E-state index is 0.196. The Kier molecular flexibility index (Phi) is 3.41. The van der Waals surface area contributed by atoms with E-state index in [-0.39, 0.29) is 11.7 Å². The van der Waals surface area contributed by atoms with Gasteiger partial charge in [0.15, 0.2) is 5.60 Å². The number of ether oxygens (including phenoxy) is 2. The van der Waals surface area contributed by atoms with E-state index in [0.717, 1.165) is 13.0 Å². The van der Waals surface area contributed by atoms with Crippen molar-refractivity contribution in [3.05, 3.63) is 0 Å². The van der Waals surface area contributed by atoms with Crippen molar-refractivity contribution < 1.29 is 9.47 Å². The molecule has 2 atom stereocenters. The third-order valence-corrected chi connectivity index (χ3v) is 3.10. The molecule has 1 saturated carbocycles. The van der Waals surface area contributed by atoms with Crippen LogP contribution < -0.4 is 0 Å². The number of methoxy groups -OCH3 is 1. The quantitative estimate of drug-likeness (QED) is 0.526. The molecule has 0 amide bonds. The van der Waals surface area contributed by atoms with Gasteiger partial charge in [0.05, 0.1) is 0 Å². The van der Waals surface area contributed by atoms with Crippen molar-refractivity contribution in [3.63, 3.8) is 0 Å². The van der Waals surface area contributed by atoms with Crippen LogP contribution in [-0.2, 0) is 9.47 Å². The van der Waals surface area contributed by atoms with Crippen LogP contribution in [0.25, 0.3) is 0 Å². The molecule has 0 aromatic heterocycles. The van der Waals surface area contributed by atoms with Crippen LogP contribution >= 0.6 is 0 Å². The Morgan fingerprint density at radius 1 is 1.43 bits per heavy atom. The molecule has 1 aliphatic rings. The van der Waals surface area contributed by atoms with Gasteiger partial charge in [0.2, 0.25) is 0 Å². The molecular formula is C11H20O2Si. The van der Waals surface area contributed by atoms with Gasteiger partial charge < -0.3 is 9.47 Å². The maximum Gasteiger partial charge on any atom is 0.156 e. The lowest BCUT2D eigenvalue weighted by Crippen LogP contribution is -2.21. The molecule has 0 aromatic rings. The van der Waals surface area contributed by atoms with Crippen LogP contribution in [0.1, 0.15) is 13.3 Å². The average Bonchev–Trinajstić information content (AvgIpc) is 2.76. The standard InChI is InChI=1S/C11H20O2Si/c1-6-13-10-9-11(10,12-2)7-8-14(3,4)5/h10H,6,9H2,1-5H3/t10-,11+/m1/s1. The van der Waals surface area contributed by atoms with Gasteiger partial charge in [0.1, 0.15) is 14.2 Å². The molecule has 0 N–H and O–H groups in total. The molecule has 0 spiro atoms. The van der Waals surface area contributed by atoms with Gasteiger partial charge in [0.25, 0.3) is 0 Å². The molecule has 0 radical (unpaired) electrons. The average molecular weight is 212 g/mol. The minimum Gasteiger partial charge on any atom is -0.374 e. The van der Waals surface area contributed by atoms with E-state index in [2.05, 4.69) is 31.1 Å². The monoisotopic (exact) mass is 212 g/mol. The van der Waals surface area contributed by atoms with E-state index in [4.69, 9.17) is 9.47 Å². The van der Waals surface area contributed by atoms with E-state index in [1.807, 2.05) is 6.92 Å². The molecule has 0 heterocycles. The van der Waals surface area contributed by atoms with Crippen LogP contribution in [0.5, 0.6) is 0 Å². The molecule has 1 fully saturated rings. The van der Waals surface area contributed by atoms with Gasteiger partial charge in [-0.1, -0.05) is 25.6 Å². The Morgan fingerprint density at radius 3 is 2.50 bits per heavy atom. The summed E-state index contributed by atoms with van der Waals surface area (Å²) in [6.07, 6.45) is 1.12. The highest BCUT2D eigenvalue weighted by Gasteiger charge is 2.55.